The van der Waals surface area contributed by atoms with Crippen LogP contribution in [0.15, 0.2) is 0 Å². The first-order valence-electron chi connectivity index (χ1n) is 10.0. The fraction of sp³-hybridized carbons (Fsp3) is 0.842. The molecule has 0 aliphatic carbocycles. The second kappa shape index (κ2) is 8.28. The Bertz CT molecular complexity index is 645. The Hall–Kier alpha value is -1.19. The zero-order chi connectivity index (χ0) is 20.6. The summed E-state index contributed by atoms with van der Waals surface area (Å²) in [6.45, 7) is 4.27. The van der Waals surface area contributed by atoms with E-state index in [1.165, 1.54) is 0 Å². The molecule has 2 bridgehead atoms. The molecule has 0 aromatic heterocycles. The van der Waals surface area contributed by atoms with Crippen molar-refractivity contribution >= 4 is 33.7 Å². The number of halogens is 1. The summed E-state index contributed by atoms with van der Waals surface area (Å²) in [7, 11) is 1.55. The number of amides is 3. The number of rotatable bonds is 8. The number of hydrogen-bond acceptors (Lipinski definition) is 5. The van der Waals surface area contributed by atoms with Crippen LogP contribution in [0.5, 0.6) is 0 Å². The first-order chi connectivity index (χ1) is 13.3. The topological polar surface area (TPSA) is 108 Å². The predicted octanol–water partition coefficient (Wildman–Crippen LogP) is 0.168. The zero-order valence-electron chi connectivity index (χ0n) is 16.6. The van der Waals surface area contributed by atoms with Crippen molar-refractivity contribution < 1.29 is 24.2 Å². The summed E-state index contributed by atoms with van der Waals surface area (Å²) in [6, 6.07) is -0.816. The smallest absolute Gasteiger partial charge is 0.246 e. The molecule has 9 heteroatoms. The standard InChI is InChI=1S/C19H30BrN3O5/c1-10(2)22-17(26)15-19-9-11(20)14(28-19)12(16(25)21-3)13(19)18(27)23(15)7-5-4-6-8-24/h10-15,24H,4-9H2,1-3H3,(H,21,25)(H,22,26)/t11?,12-,13-,14-,15?,19?/m0/s1. The van der Waals surface area contributed by atoms with Gasteiger partial charge in [0.05, 0.1) is 17.9 Å². The van der Waals surface area contributed by atoms with E-state index >= 15 is 0 Å². The van der Waals surface area contributed by atoms with Gasteiger partial charge in [0.25, 0.3) is 0 Å². The van der Waals surface area contributed by atoms with E-state index < -0.39 is 29.6 Å². The number of likely N-dealkylation sites (tertiary alicyclic amines) is 1. The number of fused-ring (bicyclic) bond motifs is 1. The van der Waals surface area contributed by atoms with E-state index in [0.717, 1.165) is 6.42 Å². The maximum absolute atomic E-state index is 13.4. The van der Waals surface area contributed by atoms with Gasteiger partial charge in [-0.1, -0.05) is 15.9 Å². The van der Waals surface area contributed by atoms with Crippen LogP contribution in [0.3, 0.4) is 0 Å². The molecule has 3 unspecified atom stereocenters. The van der Waals surface area contributed by atoms with Crippen LogP contribution in [0.2, 0.25) is 0 Å². The number of nitrogens with one attached hydrogen (secondary N) is 2. The fourth-order valence-corrected chi connectivity index (χ4v) is 6.01. The molecule has 0 radical (unpaired) electrons. The van der Waals surface area contributed by atoms with Gasteiger partial charge in [-0.3, -0.25) is 14.4 Å². The summed E-state index contributed by atoms with van der Waals surface area (Å²) in [6.07, 6.45) is 2.21. The van der Waals surface area contributed by atoms with E-state index in [1.807, 2.05) is 13.8 Å². The Balaban J connectivity index is 1.94. The van der Waals surface area contributed by atoms with E-state index in [9.17, 15) is 14.4 Å². The molecule has 28 heavy (non-hydrogen) atoms. The van der Waals surface area contributed by atoms with Crippen molar-refractivity contribution in [2.24, 2.45) is 11.8 Å². The van der Waals surface area contributed by atoms with E-state index in [4.69, 9.17) is 9.84 Å². The van der Waals surface area contributed by atoms with Crippen LogP contribution in [-0.4, -0.2) is 76.5 Å². The maximum atomic E-state index is 13.4. The van der Waals surface area contributed by atoms with Gasteiger partial charge in [0.1, 0.15) is 11.6 Å². The quantitative estimate of drug-likeness (QED) is 0.354. The van der Waals surface area contributed by atoms with Crippen molar-refractivity contribution in [2.75, 3.05) is 20.2 Å². The lowest BCUT2D eigenvalue weighted by molar-refractivity contribution is -0.142. The van der Waals surface area contributed by atoms with Crippen molar-refractivity contribution in [3.63, 3.8) is 0 Å². The van der Waals surface area contributed by atoms with E-state index in [1.54, 1.807) is 11.9 Å². The van der Waals surface area contributed by atoms with Crippen LogP contribution in [0, 0.1) is 11.8 Å². The molecule has 3 heterocycles. The SMILES string of the molecule is CNC(=O)[C@H]1[C@H]2C(=O)N(CCCCCO)C(C(=O)NC(C)C)C23CC(Br)[C@@H]1O3. The summed E-state index contributed by atoms with van der Waals surface area (Å²) >= 11 is 3.61. The molecule has 1 spiro atoms. The minimum absolute atomic E-state index is 0.0672. The van der Waals surface area contributed by atoms with E-state index in [0.29, 0.717) is 25.8 Å². The van der Waals surface area contributed by atoms with Gasteiger partial charge < -0.3 is 25.4 Å². The summed E-state index contributed by atoms with van der Waals surface area (Å²) in [5.41, 5.74) is -0.983. The number of ether oxygens (including phenoxy) is 1. The number of carbonyl (C=O) groups excluding carboxylic acids is 3. The Labute approximate surface area is 173 Å². The molecule has 6 atom stereocenters. The summed E-state index contributed by atoms with van der Waals surface area (Å²) in [5, 5.41) is 14.6. The van der Waals surface area contributed by atoms with Gasteiger partial charge in [-0.05, 0) is 39.5 Å². The molecule has 3 aliphatic heterocycles. The molecular formula is C19H30BrN3O5. The highest BCUT2D eigenvalue weighted by Gasteiger charge is 2.76. The van der Waals surface area contributed by atoms with Gasteiger partial charge in [-0.25, -0.2) is 0 Å². The summed E-state index contributed by atoms with van der Waals surface area (Å²) < 4.78 is 6.30. The van der Waals surface area contributed by atoms with Crippen molar-refractivity contribution in [1.29, 1.82) is 0 Å². The molecule has 3 rings (SSSR count). The molecule has 0 aromatic rings. The largest absolute Gasteiger partial charge is 0.396 e. The lowest BCUT2D eigenvalue weighted by atomic mass is 9.70. The van der Waals surface area contributed by atoms with Crippen LogP contribution in [0.25, 0.3) is 0 Å². The second-order valence-corrected chi connectivity index (χ2v) is 9.43. The Morgan fingerprint density at radius 1 is 1.32 bits per heavy atom. The number of carbonyl (C=O) groups is 3. The maximum Gasteiger partial charge on any atom is 0.246 e. The molecule has 3 aliphatic rings. The van der Waals surface area contributed by atoms with Gasteiger partial charge in [0.2, 0.25) is 17.7 Å². The van der Waals surface area contributed by atoms with Crippen LogP contribution in [0.4, 0.5) is 0 Å². The van der Waals surface area contributed by atoms with Gasteiger partial charge in [-0.15, -0.1) is 0 Å². The van der Waals surface area contributed by atoms with Crippen molar-refractivity contribution in [3.05, 3.63) is 0 Å². The van der Waals surface area contributed by atoms with Crippen LogP contribution < -0.4 is 10.6 Å². The van der Waals surface area contributed by atoms with Gasteiger partial charge in [-0.2, -0.15) is 0 Å². The van der Waals surface area contributed by atoms with E-state index in [-0.39, 0.29) is 35.2 Å². The van der Waals surface area contributed by atoms with Gasteiger partial charge in [0.15, 0.2) is 0 Å². The predicted molar refractivity (Wildman–Crippen MR) is 106 cm³/mol. The first kappa shape index (κ1) is 21.5. The number of nitrogens with zero attached hydrogens (tertiary/aromatic N) is 1. The molecule has 158 valence electrons. The molecular weight excluding hydrogens is 430 g/mol. The summed E-state index contributed by atoms with van der Waals surface area (Å²) in [4.78, 5) is 40.6. The number of aliphatic hydroxyl groups is 1. The third-order valence-electron chi connectivity index (χ3n) is 6.07. The normalized spacial score (nSPS) is 36.1. The lowest BCUT2D eigenvalue weighted by Crippen LogP contribution is -2.56. The highest BCUT2D eigenvalue weighted by molar-refractivity contribution is 9.09. The van der Waals surface area contributed by atoms with Crippen LogP contribution in [-0.2, 0) is 19.1 Å². The van der Waals surface area contributed by atoms with Crippen molar-refractivity contribution in [1.82, 2.24) is 15.5 Å². The van der Waals surface area contributed by atoms with Crippen LogP contribution in [0.1, 0.15) is 39.5 Å². The number of aliphatic hydroxyl groups excluding tert-OH is 1. The number of hydrogen-bond donors (Lipinski definition) is 3. The Kier molecular flexibility index (Phi) is 6.36. The molecule has 3 fully saturated rings. The number of unbranched alkanes of at least 4 members (excludes halogenated alkanes) is 2. The van der Waals surface area contributed by atoms with Crippen LogP contribution >= 0.6 is 15.9 Å². The third kappa shape index (κ3) is 3.35. The van der Waals surface area contributed by atoms with Crippen molar-refractivity contribution in [3.8, 4) is 0 Å². The molecule has 8 nitrogen and oxygen atoms in total. The summed E-state index contributed by atoms with van der Waals surface area (Å²) in [5.74, 6) is -1.88. The molecule has 0 saturated carbocycles. The van der Waals surface area contributed by atoms with Crippen molar-refractivity contribution in [2.45, 2.75) is 68.1 Å². The Morgan fingerprint density at radius 2 is 2.04 bits per heavy atom. The molecule has 3 saturated heterocycles. The lowest BCUT2D eigenvalue weighted by Gasteiger charge is -2.34. The average Bonchev–Trinajstić information content (AvgIpc) is 3.21. The minimum Gasteiger partial charge on any atom is -0.396 e. The van der Waals surface area contributed by atoms with Gasteiger partial charge >= 0.3 is 0 Å². The zero-order valence-corrected chi connectivity index (χ0v) is 18.2. The van der Waals surface area contributed by atoms with E-state index in [2.05, 4.69) is 26.6 Å². The molecule has 0 aromatic carbocycles. The minimum atomic E-state index is -0.983. The third-order valence-corrected chi connectivity index (χ3v) is 6.92. The Morgan fingerprint density at radius 3 is 2.64 bits per heavy atom. The molecule has 3 N–H and O–H groups in total. The highest BCUT2D eigenvalue weighted by atomic mass is 79.9. The average molecular weight is 460 g/mol. The monoisotopic (exact) mass is 459 g/mol. The fourth-order valence-electron chi connectivity index (χ4n) is 5.07. The van der Waals surface area contributed by atoms with Gasteiger partial charge in [0, 0.05) is 31.1 Å². The first-order valence-corrected chi connectivity index (χ1v) is 10.9. The number of alkyl halides is 1. The highest BCUT2D eigenvalue weighted by Crippen LogP contribution is 2.59. The second-order valence-electron chi connectivity index (χ2n) is 8.26. The molecule has 3 amide bonds.